The highest BCUT2D eigenvalue weighted by Gasteiger charge is 2.24. The van der Waals surface area contributed by atoms with Gasteiger partial charge in [-0.25, -0.2) is 0 Å². The van der Waals surface area contributed by atoms with Crippen LogP contribution in [0.15, 0.2) is 66.4 Å². The van der Waals surface area contributed by atoms with Crippen LogP contribution >= 0.6 is 0 Å². The van der Waals surface area contributed by atoms with Crippen molar-refractivity contribution in [3.63, 3.8) is 0 Å². The van der Waals surface area contributed by atoms with Gasteiger partial charge in [0.15, 0.2) is 0 Å². The molecule has 1 aliphatic heterocycles. The van der Waals surface area contributed by atoms with Gasteiger partial charge >= 0.3 is 0 Å². The van der Waals surface area contributed by atoms with Crippen LogP contribution in [0.2, 0.25) is 0 Å². The molecule has 2 aromatic rings. The van der Waals surface area contributed by atoms with E-state index in [1.54, 1.807) is 6.08 Å². The molecule has 0 aliphatic carbocycles. The van der Waals surface area contributed by atoms with Gasteiger partial charge in [0.2, 0.25) is 5.91 Å². The smallest absolute Gasteiger partial charge is 0.270 e. The van der Waals surface area contributed by atoms with Gasteiger partial charge in [0.25, 0.3) is 5.91 Å². The molecule has 27 heavy (non-hydrogen) atoms. The summed E-state index contributed by atoms with van der Waals surface area (Å²) in [5.74, 6) is -0.373. The minimum atomic E-state index is -0.242. The monoisotopic (exact) mass is 363 g/mol. The van der Waals surface area contributed by atoms with Crippen LogP contribution in [0.4, 0.5) is 0 Å². The lowest BCUT2D eigenvalue weighted by molar-refractivity contribution is -0.130. The van der Waals surface area contributed by atoms with Crippen molar-refractivity contribution in [2.75, 3.05) is 26.2 Å². The molecule has 2 aromatic carbocycles. The number of benzene rings is 2. The van der Waals surface area contributed by atoms with Crippen molar-refractivity contribution in [3.8, 4) is 0 Å². The van der Waals surface area contributed by atoms with E-state index >= 15 is 0 Å². The van der Waals surface area contributed by atoms with Gasteiger partial charge in [-0.1, -0.05) is 60.7 Å². The van der Waals surface area contributed by atoms with Crippen LogP contribution in [0.25, 0.3) is 6.08 Å². The normalized spacial score (nSPS) is 15.4. The van der Waals surface area contributed by atoms with Crippen LogP contribution < -0.4 is 5.32 Å². The highest BCUT2D eigenvalue weighted by Crippen LogP contribution is 2.12. The average Bonchev–Trinajstić information content (AvgIpc) is 2.69. The zero-order chi connectivity index (χ0) is 19.1. The summed E-state index contributed by atoms with van der Waals surface area (Å²) in [7, 11) is 0. The summed E-state index contributed by atoms with van der Waals surface area (Å²) in [4.78, 5) is 28.6. The van der Waals surface area contributed by atoms with E-state index in [1.165, 1.54) is 12.5 Å². The number of carbonyl (C=O) groups excluding carboxylic acids is 2. The quantitative estimate of drug-likeness (QED) is 0.831. The average molecular weight is 363 g/mol. The molecule has 0 bridgehead atoms. The maximum Gasteiger partial charge on any atom is 0.270 e. The van der Waals surface area contributed by atoms with Crippen LogP contribution in [0.5, 0.6) is 0 Å². The lowest BCUT2D eigenvalue weighted by Gasteiger charge is -2.35. The van der Waals surface area contributed by atoms with Gasteiger partial charge in [-0.2, -0.15) is 0 Å². The van der Waals surface area contributed by atoms with E-state index in [9.17, 15) is 9.59 Å². The SMILES string of the molecule is CC(=O)N/C(=C\c1ccccc1)C(=O)N1CCN(Cc2ccccc2)CC1. The Balaban J connectivity index is 1.63. The maximum atomic E-state index is 12.9. The fraction of sp³-hybridized carbons (Fsp3) is 0.273. The van der Waals surface area contributed by atoms with Crippen molar-refractivity contribution in [1.29, 1.82) is 0 Å². The summed E-state index contributed by atoms with van der Waals surface area (Å²) in [6, 6.07) is 19.9. The van der Waals surface area contributed by atoms with Crippen molar-refractivity contribution in [3.05, 3.63) is 77.5 Å². The molecule has 0 aromatic heterocycles. The third kappa shape index (κ3) is 5.53. The van der Waals surface area contributed by atoms with Gasteiger partial charge in [-0.05, 0) is 17.2 Å². The molecular weight excluding hydrogens is 338 g/mol. The summed E-state index contributed by atoms with van der Waals surface area (Å²) in [5.41, 5.74) is 2.49. The Morgan fingerprint density at radius 2 is 1.52 bits per heavy atom. The van der Waals surface area contributed by atoms with Crippen molar-refractivity contribution in [1.82, 2.24) is 15.1 Å². The number of amides is 2. The molecule has 0 radical (unpaired) electrons. The molecule has 0 saturated carbocycles. The summed E-state index contributed by atoms with van der Waals surface area (Å²) >= 11 is 0. The van der Waals surface area contributed by atoms with Gasteiger partial charge < -0.3 is 10.2 Å². The standard InChI is InChI=1S/C22H25N3O2/c1-18(26)23-21(16-19-8-4-2-5-9-19)22(27)25-14-12-24(13-15-25)17-20-10-6-3-7-11-20/h2-11,16H,12-15,17H2,1H3,(H,23,26)/b21-16-. The zero-order valence-electron chi connectivity index (χ0n) is 15.6. The Kier molecular flexibility index (Phi) is 6.39. The van der Waals surface area contributed by atoms with Crippen LogP contribution in [-0.2, 0) is 16.1 Å². The molecule has 1 N–H and O–H groups in total. The molecule has 1 saturated heterocycles. The zero-order valence-corrected chi connectivity index (χ0v) is 15.6. The van der Waals surface area contributed by atoms with Gasteiger partial charge in [0, 0.05) is 39.6 Å². The van der Waals surface area contributed by atoms with Crippen LogP contribution in [0.3, 0.4) is 0 Å². The topological polar surface area (TPSA) is 52.7 Å². The van der Waals surface area contributed by atoms with Crippen molar-refractivity contribution >= 4 is 17.9 Å². The Bertz CT molecular complexity index is 795. The molecule has 1 aliphatic rings. The lowest BCUT2D eigenvalue weighted by Crippen LogP contribution is -2.50. The minimum Gasteiger partial charge on any atom is -0.335 e. The van der Waals surface area contributed by atoms with Crippen LogP contribution in [0.1, 0.15) is 18.1 Å². The van der Waals surface area contributed by atoms with Gasteiger partial charge in [0.05, 0.1) is 0 Å². The summed E-state index contributed by atoms with van der Waals surface area (Å²) < 4.78 is 0. The number of rotatable bonds is 5. The summed E-state index contributed by atoms with van der Waals surface area (Å²) in [6.07, 6.45) is 1.74. The molecule has 2 amide bonds. The second kappa shape index (κ2) is 9.14. The van der Waals surface area contributed by atoms with Crippen LogP contribution in [-0.4, -0.2) is 47.8 Å². The van der Waals surface area contributed by atoms with E-state index in [1.807, 2.05) is 53.4 Å². The molecule has 140 valence electrons. The number of hydrogen-bond acceptors (Lipinski definition) is 3. The molecule has 0 spiro atoms. The second-order valence-corrected chi connectivity index (χ2v) is 6.70. The van der Waals surface area contributed by atoms with Gasteiger partial charge in [0.1, 0.15) is 5.70 Å². The third-order valence-electron chi connectivity index (χ3n) is 4.56. The Hall–Kier alpha value is -2.92. The van der Waals surface area contributed by atoms with E-state index in [-0.39, 0.29) is 11.8 Å². The van der Waals surface area contributed by atoms with Crippen LogP contribution in [0, 0.1) is 0 Å². The first-order valence-electron chi connectivity index (χ1n) is 9.22. The Morgan fingerprint density at radius 3 is 2.11 bits per heavy atom. The Morgan fingerprint density at radius 1 is 0.926 bits per heavy atom. The first-order valence-corrected chi connectivity index (χ1v) is 9.22. The molecule has 5 heteroatoms. The summed E-state index contributed by atoms with van der Waals surface area (Å²) in [6.45, 7) is 5.25. The predicted octanol–water partition coefficient (Wildman–Crippen LogP) is 2.51. The molecule has 0 atom stereocenters. The van der Waals surface area contributed by atoms with E-state index in [0.29, 0.717) is 18.8 Å². The Labute approximate surface area is 160 Å². The highest BCUT2D eigenvalue weighted by molar-refractivity contribution is 6.01. The lowest BCUT2D eigenvalue weighted by atomic mass is 10.1. The maximum absolute atomic E-state index is 12.9. The van der Waals surface area contributed by atoms with Gasteiger partial charge in [-0.15, -0.1) is 0 Å². The molecule has 1 fully saturated rings. The van der Waals surface area contributed by atoms with E-state index in [2.05, 4.69) is 22.3 Å². The van der Waals surface area contributed by atoms with E-state index in [4.69, 9.17) is 0 Å². The number of carbonyl (C=O) groups is 2. The first-order chi connectivity index (χ1) is 13.1. The third-order valence-corrected chi connectivity index (χ3v) is 4.56. The van der Waals surface area contributed by atoms with E-state index in [0.717, 1.165) is 25.2 Å². The number of nitrogens with one attached hydrogen (secondary N) is 1. The van der Waals surface area contributed by atoms with Gasteiger partial charge in [-0.3, -0.25) is 14.5 Å². The first kappa shape index (κ1) is 18.9. The minimum absolute atomic E-state index is 0.131. The highest BCUT2D eigenvalue weighted by atomic mass is 16.2. The van der Waals surface area contributed by atoms with Crippen molar-refractivity contribution in [2.24, 2.45) is 0 Å². The fourth-order valence-electron chi connectivity index (χ4n) is 3.18. The number of hydrogen-bond donors (Lipinski definition) is 1. The second-order valence-electron chi connectivity index (χ2n) is 6.70. The number of nitrogens with zero attached hydrogens (tertiary/aromatic N) is 2. The molecular formula is C22H25N3O2. The number of piperazine rings is 1. The summed E-state index contributed by atoms with van der Waals surface area (Å²) in [5, 5.41) is 2.69. The molecule has 5 nitrogen and oxygen atoms in total. The fourth-order valence-corrected chi connectivity index (χ4v) is 3.18. The molecule has 0 unspecified atom stereocenters. The van der Waals surface area contributed by atoms with E-state index < -0.39 is 0 Å². The molecule has 3 rings (SSSR count). The largest absolute Gasteiger partial charge is 0.335 e. The molecule has 1 heterocycles. The van der Waals surface area contributed by atoms with Crippen molar-refractivity contribution < 1.29 is 9.59 Å². The predicted molar refractivity (Wildman–Crippen MR) is 107 cm³/mol. The van der Waals surface area contributed by atoms with Crippen molar-refractivity contribution in [2.45, 2.75) is 13.5 Å².